The zero-order chi connectivity index (χ0) is 20.1. The summed E-state index contributed by atoms with van der Waals surface area (Å²) in [6, 6.07) is 13.4. The van der Waals surface area contributed by atoms with Gasteiger partial charge in [-0.25, -0.2) is 9.59 Å². The van der Waals surface area contributed by atoms with Gasteiger partial charge >= 0.3 is 11.9 Å². The van der Waals surface area contributed by atoms with Crippen molar-refractivity contribution < 1.29 is 29.0 Å². The Morgan fingerprint density at radius 3 is 2.61 bits per heavy atom. The third-order valence-corrected chi connectivity index (χ3v) is 4.56. The highest BCUT2D eigenvalue weighted by Gasteiger charge is 2.27. The minimum absolute atomic E-state index is 0.283. The zero-order valence-electron chi connectivity index (χ0n) is 15.4. The van der Waals surface area contributed by atoms with Crippen LogP contribution in [0.5, 0.6) is 5.75 Å². The van der Waals surface area contributed by atoms with E-state index in [9.17, 15) is 14.4 Å². The smallest absolute Gasteiger partial charge is 0.339 e. The van der Waals surface area contributed by atoms with E-state index in [1.807, 2.05) is 18.2 Å². The molecule has 0 saturated heterocycles. The van der Waals surface area contributed by atoms with E-state index in [1.54, 1.807) is 37.3 Å². The lowest BCUT2D eigenvalue weighted by molar-refractivity contribution is -0.142. The summed E-state index contributed by atoms with van der Waals surface area (Å²) in [6.07, 6.45) is 0.512. The maximum Gasteiger partial charge on any atom is 0.339 e. The van der Waals surface area contributed by atoms with Gasteiger partial charge in [0, 0.05) is 6.42 Å². The van der Waals surface area contributed by atoms with Crippen molar-refractivity contribution in [3.8, 4) is 5.75 Å². The normalized spacial score (nSPS) is 16.5. The van der Waals surface area contributed by atoms with Crippen molar-refractivity contribution in [3.05, 3.63) is 65.2 Å². The van der Waals surface area contributed by atoms with Gasteiger partial charge in [0.25, 0.3) is 5.91 Å². The molecule has 1 heterocycles. The van der Waals surface area contributed by atoms with Gasteiger partial charge in [0.1, 0.15) is 17.9 Å². The number of rotatable bonds is 7. The van der Waals surface area contributed by atoms with Crippen LogP contribution in [0.25, 0.3) is 0 Å². The molecule has 0 radical (unpaired) electrons. The van der Waals surface area contributed by atoms with Crippen LogP contribution in [0.1, 0.15) is 40.9 Å². The lowest BCUT2D eigenvalue weighted by atomic mass is 9.95. The number of aliphatic carboxylic acids is 1. The van der Waals surface area contributed by atoms with Crippen molar-refractivity contribution in [2.75, 3.05) is 6.61 Å². The van der Waals surface area contributed by atoms with E-state index in [1.165, 1.54) is 0 Å². The highest BCUT2D eigenvalue weighted by atomic mass is 16.5. The summed E-state index contributed by atoms with van der Waals surface area (Å²) in [4.78, 5) is 34.9. The molecule has 0 bridgehead atoms. The van der Waals surface area contributed by atoms with Crippen LogP contribution in [0, 0.1) is 0 Å². The summed E-state index contributed by atoms with van der Waals surface area (Å²) in [5.74, 6) is -1.46. The number of nitrogens with one attached hydrogen (secondary N) is 1. The molecule has 3 rings (SSSR count). The molecule has 2 atom stereocenters. The average Bonchev–Trinajstić information content (AvgIpc) is 2.70. The van der Waals surface area contributed by atoms with Gasteiger partial charge in [-0.15, -0.1) is 0 Å². The lowest BCUT2D eigenvalue weighted by Crippen LogP contribution is -2.42. The fraction of sp³-hybridized carbons (Fsp3) is 0.286. The summed E-state index contributed by atoms with van der Waals surface area (Å²) in [6.45, 7) is 1.39. The summed E-state index contributed by atoms with van der Waals surface area (Å²) >= 11 is 0. The second-order valence-corrected chi connectivity index (χ2v) is 6.48. The van der Waals surface area contributed by atoms with Crippen LogP contribution in [0.3, 0.4) is 0 Å². The summed E-state index contributed by atoms with van der Waals surface area (Å²) in [5.41, 5.74) is 2.37. The molecule has 0 fully saturated rings. The number of ether oxygens (including phenoxy) is 2. The monoisotopic (exact) mass is 383 g/mol. The third kappa shape index (κ3) is 4.49. The van der Waals surface area contributed by atoms with Crippen molar-refractivity contribution in [3.63, 3.8) is 0 Å². The number of benzene rings is 2. The first-order chi connectivity index (χ1) is 13.5. The maximum absolute atomic E-state index is 12.1. The zero-order valence-corrected chi connectivity index (χ0v) is 15.4. The Hall–Kier alpha value is -3.35. The highest BCUT2D eigenvalue weighted by Crippen LogP contribution is 2.31. The quantitative estimate of drug-likeness (QED) is 0.713. The predicted molar refractivity (Wildman–Crippen MR) is 100 cm³/mol. The van der Waals surface area contributed by atoms with Crippen LogP contribution in [-0.4, -0.2) is 35.6 Å². The Bertz CT molecular complexity index is 877. The molecule has 0 aliphatic carbocycles. The second kappa shape index (κ2) is 8.56. The molecule has 1 aliphatic rings. The molecule has 0 saturated carbocycles. The number of hydrogen-bond acceptors (Lipinski definition) is 5. The Balaban J connectivity index is 1.58. The van der Waals surface area contributed by atoms with Gasteiger partial charge in [-0.2, -0.15) is 0 Å². The minimum atomic E-state index is -1.08. The molecule has 0 aromatic heterocycles. The van der Waals surface area contributed by atoms with Crippen molar-refractivity contribution in [1.29, 1.82) is 0 Å². The molecule has 7 heteroatoms. The van der Waals surface area contributed by atoms with Gasteiger partial charge in [0.2, 0.25) is 0 Å². The Kier molecular flexibility index (Phi) is 5.93. The molecule has 0 spiro atoms. The van der Waals surface area contributed by atoms with Crippen molar-refractivity contribution in [1.82, 2.24) is 5.32 Å². The van der Waals surface area contributed by atoms with Crippen LogP contribution in [-0.2, 0) is 20.7 Å². The summed E-state index contributed by atoms with van der Waals surface area (Å²) in [5, 5.41) is 11.3. The molecular weight excluding hydrogens is 362 g/mol. The predicted octanol–water partition coefficient (Wildman–Crippen LogP) is 2.50. The fourth-order valence-corrected chi connectivity index (χ4v) is 3.02. The van der Waals surface area contributed by atoms with E-state index in [-0.39, 0.29) is 18.7 Å². The first-order valence-corrected chi connectivity index (χ1v) is 9.01. The molecule has 2 aromatic carbocycles. The minimum Gasteiger partial charge on any atom is -0.484 e. The SMILES string of the molecule is CC[C@@H](NC(=O)COc1ccc([C@@H]2Cc3ccccc3C(=O)O2)cc1)C(=O)O. The van der Waals surface area contributed by atoms with E-state index >= 15 is 0 Å². The number of carbonyl (C=O) groups is 3. The number of esters is 1. The lowest BCUT2D eigenvalue weighted by Gasteiger charge is -2.25. The number of amides is 1. The topological polar surface area (TPSA) is 102 Å². The van der Waals surface area contributed by atoms with Gasteiger partial charge in [-0.3, -0.25) is 4.79 Å². The number of cyclic esters (lactones) is 1. The first kappa shape index (κ1) is 19.4. The van der Waals surface area contributed by atoms with Crippen LogP contribution < -0.4 is 10.1 Å². The average molecular weight is 383 g/mol. The van der Waals surface area contributed by atoms with E-state index < -0.39 is 17.9 Å². The van der Waals surface area contributed by atoms with Crippen LogP contribution in [0.2, 0.25) is 0 Å². The van der Waals surface area contributed by atoms with E-state index in [4.69, 9.17) is 14.6 Å². The molecule has 146 valence electrons. The number of carboxylic acids is 1. The summed E-state index contributed by atoms with van der Waals surface area (Å²) in [7, 11) is 0. The van der Waals surface area contributed by atoms with E-state index in [2.05, 4.69) is 5.32 Å². The standard InChI is InChI=1S/C21H21NO6/c1-2-17(20(24)25)22-19(23)12-27-15-9-7-13(8-10-15)18-11-14-5-3-4-6-16(14)21(26)28-18/h3-10,17-18H,2,11-12H2,1H3,(H,22,23)(H,24,25)/t17-,18+/m1/s1. The summed E-state index contributed by atoms with van der Waals surface area (Å²) < 4.78 is 10.9. The Morgan fingerprint density at radius 1 is 1.21 bits per heavy atom. The first-order valence-electron chi connectivity index (χ1n) is 9.01. The Labute approximate surface area is 162 Å². The highest BCUT2D eigenvalue weighted by molar-refractivity contribution is 5.92. The molecular formula is C21H21NO6. The Morgan fingerprint density at radius 2 is 1.93 bits per heavy atom. The number of hydrogen-bond donors (Lipinski definition) is 2. The molecule has 2 aromatic rings. The van der Waals surface area contributed by atoms with Gasteiger partial charge in [-0.05, 0) is 35.7 Å². The van der Waals surface area contributed by atoms with Crippen LogP contribution >= 0.6 is 0 Å². The van der Waals surface area contributed by atoms with Gasteiger partial charge < -0.3 is 19.9 Å². The largest absolute Gasteiger partial charge is 0.484 e. The molecule has 1 aliphatic heterocycles. The molecule has 1 amide bonds. The van der Waals surface area contributed by atoms with Gasteiger partial charge in [0.15, 0.2) is 6.61 Å². The van der Waals surface area contributed by atoms with E-state index in [0.29, 0.717) is 24.2 Å². The van der Waals surface area contributed by atoms with E-state index in [0.717, 1.165) is 11.1 Å². The number of fused-ring (bicyclic) bond motifs is 1. The fourth-order valence-electron chi connectivity index (χ4n) is 3.02. The number of carbonyl (C=O) groups excluding carboxylic acids is 2. The van der Waals surface area contributed by atoms with Crippen LogP contribution in [0.4, 0.5) is 0 Å². The third-order valence-electron chi connectivity index (χ3n) is 4.56. The van der Waals surface area contributed by atoms with Crippen molar-refractivity contribution >= 4 is 17.8 Å². The van der Waals surface area contributed by atoms with Gasteiger partial charge in [-0.1, -0.05) is 37.3 Å². The number of carboxylic acid groups (broad SMARTS) is 1. The maximum atomic E-state index is 12.1. The molecule has 2 N–H and O–H groups in total. The van der Waals surface area contributed by atoms with Crippen molar-refractivity contribution in [2.24, 2.45) is 0 Å². The van der Waals surface area contributed by atoms with Crippen LogP contribution in [0.15, 0.2) is 48.5 Å². The molecule has 7 nitrogen and oxygen atoms in total. The second-order valence-electron chi connectivity index (χ2n) is 6.48. The van der Waals surface area contributed by atoms with Gasteiger partial charge in [0.05, 0.1) is 5.56 Å². The van der Waals surface area contributed by atoms with Crippen molar-refractivity contribution in [2.45, 2.75) is 31.9 Å². The molecule has 28 heavy (non-hydrogen) atoms. The molecule has 0 unspecified atom stereocenters.